The Hall–Kier alpha value is -3.16. The van der Waals surface area contributed by atoms with Gasteiger partial charge in [0.2, 0.25) is 0 Å². The molecule has 2 aromatic heterocycles. The largest absolute Gasteiger partial charge is 0.497 e. The highest BCUT2D eigenvalue weighted by Gasteiger charge is 2.24. The molecule has 3 heterocycles. The van der Waals surface area contributed by atoms with Crippen LogP contribution in [0, 0.1) is 0 Å². The summed E-state index contributed by atoms with van der Waals surface area (Å²) in [4.78, 5) is 15.5. The van der Waals surface area contributed by atoms with Gasteiger partial charge in [0.25, 0.3) is 0 Å². The molecule has 32 heavy (non-hydrogen) atoms. The molecule has 4 aromatic rings. The van der Waals surface area contributed by atoms with Gasteiger partial charge in [0.15, 0.2) is 5.82 Å². The maximum absolute atomic E-state index is 5.40. The molecule has 1 aliphatic heterocycles. The number of piperazine rings is 1. The van der Waals surface area contributed by atoms with E-state index in [0.717, 1.165) is 53.8 Å². The summed E-state index contributed by atoms with van der Waals surface area (Å²) in [6.07, 6.45) is 0. The first-order chi connectivity index (χ1) is 15.8. The van der Waals surface area contributed by atoms with Crippen LogP contribution in [0.15, 0.2) is 60.0 Å². The van der Waals surface area contributed by atoms with Crippen LogP contribution in [-0.4, -0.2) is 50.4 Å². The number of thiophene rings is 1. The molecule has 0 spiro atoms. The van der Waals surface area contributed by atoms with Crippen LogP contribution in [0.3, 0.4) is 0 Å². The number of ether oxygens (including phenoxy) is 2. The SMILES string of the molecule is COCc1nc(N2CCN(c3cccc(OC)c3)CC2)c2c(-c3ccccc3)csc2n1. The van der Waals surface area contributed by atoms with Gasteiger partial charge in [-0.3, -0.25) is 0 Å². The number of aromatic nitrogens is 2. The second kappa shape index (κ2) is 9.14. The second-order valence-electron chi connectivity index (χ2n) is 7.77. The molecule has 0 N–H and O–H groups in total. The first kappa shape index (κ1) is 20.7. The van der Waals surface area contributed by atoms with Gasteiger partial charge in [-0.1, -0.05) is 36.4 Å². The van der Waals surface area contributed by atoms with Gasteiger partial charge < -0.3 is 19.3 Å². The molecule has 6 nitrogen and oxygen atoms in total. The number of fused-ring (bicyclic) bond motifs is 1. The lowest BCUT2D eigenvalue weighted by Crippen LogP contribution is -2.47. The van der Waals surface area contributed by atoms with Crippen molar-refractivity contribution < 1.29 is 9.47 Å². The van der Waals surface area contributed by atoms with E-state index >= 15 is 0 Å². The minimum atomic E-state index is 0.408. The molecule has 1 saturated heterocycles. The van der Waals surface area contributed by atoms with Crippen molar-refractivity contribution >= 4 is 33.1 Å². The molecule has 0 amide bonds. The molecule has 0 atom stereocenters. The molecule has 1 aliphatic rings. The highest BCUT2D eigenvalue weighted by atomic mass is 32.1. The summed E-state index contributed by atoms with van der Waals surface area (Å²) in [6, 6.07) is 18.8. The van der Waals surface area contributed by atoms with Gasteiger partial charge in [-0.25, -0.2) is 9.97 Å². The van der Waals surface area contributed by atoms with Gasteiger partial charge in [-0.2, -0.15) is 0 Å². The molecule has 0 unspecified atom stereocenters. The summed E-state index contributed by atoms with van der Waals surface area (Å²) >= 11 is 1.67. The highest BCUT2D eigenvalue weighted by Crippen LogP contribution is 2.39. The lowest BCUT2D eigenvalue weighted by molar-refractivity contribution is 0.178. The number of hydrogen-bond donors (Lipinski definition) is 0. The minimum Gasteiger partial charge on any atom is -0.497 e. The monoisotopic (exact) mass is 446 g/mol. The van der Waals surface area contributed by atoms with Crippen molar-refractivity contribution in [3.8, 4) is 16.9 Å². The molecule has 0 bridgehead atoms. The summed E-state index contributed by atoms with van der Waals surface area (Å²) in [7, 11) is 3.39. The first-order valence-electron chi connectivity index (χ1n) is 10.7. The Morgan fingerprint density at radius 2 is 1.69 bits per heavy atom. The van der Waals surface area contributed by atoms with E-state index < -0.39 is 0 Å². The maximum Gasteiger partial charge on any atom is 0.158 e. The Labute approximate surface area is 192 Å². The van der Waals surface area contributed by atoms with Crippen LogP contribution in [0.2, 0.25) is 0 Å². The van der Waals surface area contributed by atoms with E-state index in [1.165, 1.54) is 16.8 Å². The standard InChI is InChI=1S/C25H26N4O2S/c1-30-16-22-26-24(23-21(17-32-25(23)27-22)18-7-4-3-5-8-18)29-13-11-28(12-14-29)19-9-6-10-20(15-19)31-2/h3-10,15,17H,11-14,16H2,1-2H3. The number of hydrogen-bond acceptors (Lipinski definition) is 7. The van der Waals surface area contributed by atoms with Gasteiger partial charge in [-0.15, -0.1) is 11.3 Å². The molecule has 1 fully saturated rings. The zero-order valence-electron chi connectivity index (χ0n) is 18.3. The third-order valence-electron chi connectivity index (χ3n) is 5.82. The van der Waals surface area contributed by atoms with E-state index in [1.807, 2.05) is 18.2 Å². The van der Waals surface area contributed by atoms with Gasteiger partial charge in [0, 0.05) is 56.0 Å². The van der Waals surface area contributed by atoms with Crippen molar-refractivity contribution in [2.45, 2.75) is 6.61 Å². The van der Waals surface area contributed by atoms with Crippen molar-refractivity contribution in [2.75, 3.05) is 50.2 Å². The Kier molecular flexibility index (Phi) is 5.92. The normalized spacial score (nSPS) is 14.2. The van der Waals surface area contributed by atoms with E-state index in [9.17, 15) is 0 Å². The number of nitrogens with zero attached hydrogens (tertiary/aromatic N) is 4. The van der Waals surface area contributed by atoms with Gasteiger partial charge in [-0.05, 0) is 17.7 Å². The molecular weight excluding hydrogens is 420 g/mol. The molecule has 0 radical (unpaired) electrons. The van der Waals surface area contributed by atoms with E-state index in [2.05, 4.69) is 51.6 Å². The van der Waals surface area contributed by atoms with Gasteiger partial charge in [0.05, 0.1) is 12.5 Å². The van der Waals surface area contributed by atoms with E-state index in [0.29, 0.717) is 6.61 Å². The summed E-state index contributed by atoms with van der Waals surface area (Å²) in [5.74, 6) is 2.62. The predicted molar refractivity (Wildman–Crippen MR) is 131 cm³/mol. The van der Waals surface area contributed by atoms with Crippen LogP contribution < -0.4 is 14.5 Å². The fourth-order valence-corrected chi connectivity index (χ4v) is 5.16. The van der Waals surface area contributed by atoms with Crippen LogP contribution >= 0.6 is 11.3 Å². The van der Waals surface area contributed by atoms with Crippen molar-refractivity contribution in [3.05, 3.63) is 65.8 Å². The van der Waals surface area contributed by atoms with Crippen LogP contribution in [0.5, 0.6) is 5.75 Å². The third kappa shape index (κ3) is 4.01. The fourth-order valence-electron chi connectivity index (χ4n) is 4.20. The van der Waals surface area contributed by atoms with Crippen LogP contribution in [0.4, 0.5) is 11.5 Å². The number of anilines is 2. The average Bonchev–Trinajstić information content (AvgIpc) is 3.28. The van der Waals surface area contributed by atoms with Crippen molar-refractivity contribution in [3.63, 3.8) is 0 Å². The lowest BCUT2D eigenvalue weighted by atomic mass is 10.1. The van der Waals surface area contributed by atoms with E-state index in [-0.39, 0.29) is 0 Å². The van der Waals surface area contributed by atoms with Crippen LogP contribution in [0.25, 0.3) is 21.3 Å². The molecule has 164 valence electrons. The zero-order valence-corrected chi connectivity index (χ0v) is 19.1. The number of rotatable bonds is 6. The smallest absolute Gasteiger partial charge is 0.158 e. The quantitative estimate of drug-likeness (QED) is 0.422. The van der Waals surface area contributed by atoms with Gasteiger partial charge in [0.1, 0.15) is 23.0 Å². The Morgan fingerprint density at radius 1 is 0.906 bits per heavy atom. The fraction of sp³-hybridized carbons (Fsp3) is 0.280. The minimum absolute atomic E-state index is 0.408. The highest BCUT2D eigenvalue weighted by molar-refractivity contribution is 7.17. The van der Waals surface area contributed by atoms with Crippen molar-refractivity contribution in [1.82, 2.24) is 9.97 Å². The van der Waals surface area contributed by atoms with E-state index in [1.54, 1.807) is 25.6 Å². The molecular formula is C25H26N4O2S. The second-order valence-corrected chi connectivity index (χ2v) is 8.63. The zero-order chi connectivity index (χ0) is 21.9. The Balaban J connectivity index is 1.48. The van der Waals surface area contributed by atoms with E-state index in [4.69, 9.17) is 19.4 Å². The molecule has 5 rings (SSSR count). The Bertz CT molecular complexity index is 1200. The summed E-state index contributed by atoms with van der Waals surface area (Å²) in [5, 5.41) is 3.33. The number of benzene rings is 2. The first-order valence-corrected chi connectivity index (χ1v) is 11.6. The average molecular weight is 447 g/mol. The van der Waals surface area contributed by atoms with Gasteiger partial charge >= 0.3 is 0 Å². The predicted octanol–water partition coefficient (Wildman–Crippen LogP) is 4.84. The summed E-state index contributed by atoms with van der Waals surface area (Å²) < 4.78 is 10.8. The van der Waals surface area contributed by atoms with Crippen LogP contribution in [-0.2, 0) is 11.3 Å². The summed E-state index contributed by atoms with van der Waals surface area (Å²) in [6.45, 7) is 4.02. The number of methoxy groups -OCH3 is 2. The van der Waals surface area contributed by atoms with Crippen LogP contribution in [0.1, 0.15) is 5.82 Å². The Morgan fingerprint density at radius 3 is 2.44 bits per heavy atom. The van der Waals surface area contributed by atoms with Crippen molar-refractivity contribution in [2.24, 2.45) is 0 Å². The molecule has 2 aromatic carbocycles. The topological polar surface area (TPSA) is 50.7 Å². The maximum atomic E-state index is 5.40. The third-order valence-corrected chi connectivity index (χ3v) is 6.69. The summed E-state index contributed by atoms with van der Waals surface area (Å²) in [5.41, 5.74) is 3.58. The van der Waals surface area contributed by atoms with Crippen molar-refractivity contribution in [1.29, 1.82) is 0 Å². The molecule has 0 saturated carbocycles. The molecule has 0 aliphatic carbocycles. The molecule has 7 heteroatoms. The lowest BCUT2D eigenvalue weighted by Gasteiger charge is -2.37.